The lowest BCUT2D eigenvalue weighted by atomic mass is 9.96. The zero-order valence-electron chi connectivity index (χ0n) is 19.6. The molecular formula is C26H32N4O3. The van der Waals surface area contributed by atoms with Gasteiger partial charge in [0.15, 0.2) is 0 Å². The summed E-state index contributed by atoms with van der Waals surface area (Å²) in [6.45, 7) is 8.81. The maximum Gasteiger partial charge on any atom is 0.241 e. The number of nitrogens with zero attached hydrogens (tertiary/aromatic N) is 3. The summed E-state index contributed by atoms with van der Waals surface area (Å²) in [4.78, 5) is 19.8. The van der Waals surface area contributed by atoms with Crippen LogP contribution < -0.4 is 10.1 Å². The highest BCUT2D eigenvalue weighted by Gasteiger charge is 2.28. The Labute approximate surface area is 195 Å². The lowest BCUT2D eigenvalue weighted by Gasteiger charge is -2.31. The Kier molecular flexibility index (Phi) is 7.40. The van der Waals surface area contributed by atoms with Crippen LogP contribution in [0.25, 0.3) is 11.4 Å². The van der Waals surface area contributed by atoms with Crippen LogP contribution in [0.5, 0.6) is 5.75 Å². The summed E-state index contributed by atoms with van der Waals surface area (Å²) in [5.74, 6) is 2.07. The van der Waals surface area contributed by atoms with Crippen LogP contribution in [0, 0.1) is 12.8 Å². The van der Waals surface area contributed by atoms with Gasteiger partial charge < -0.3 is 14.6 Å². The predicted octanol–water partition coefficient (Wildman–Crippen LogP) is 4.53. The van der Waals surface area contributed by atoms with E-state index in [1.807, 2.05) is 69.3 Å². The quantitative estimate of drug-likeness (QED) is 0.545. The van der Waals surface area contributed by atoms with E-state index in [1.54, 1.807) is 0 Å². The van der Waals surface area contributed by atoms with Gasteiger partial charge in [0.05, 0.1) is 25.1 Å². The van der Waals surface area contributed by atoms with E-state index < -0.39 is 0 Å². The summed E-state index contributed by atoms with van der Waals surface area (Å²) in [6.07, 6.45) is 1.85. The molecule has 4 rings (SSSR count). The molecule has 3 aromatic rings. The van der Waals surface area contributed by atoms with E-state index in [9.17, 15) is 4.79 Å². The van der Waals surface area contributed by atoms with Gasteiger partial charge in [0, 0.05) is 12.1 Å². The maximum atomic E-state index is 13.0. The Morgan fingerprint density at radius 1 is 1.24 bits per heavy atom. The zero-order chi connectivity index (χ0) is 23.2. The number of piperidine rings is 1. The van der Waals surface area contributed by atoms with Crippen LogP contribution in [0.3, 0.4) is 0 Å². The smallest absolute Gasteiger partial charge is 0.241 e. The number of likely N-dealkylation sites (tertiary alicyclic amines) is 1. The number of aryl methyl sites for hydroxylation is 1. The fourth-order valence-corrected chi connectivity index (χ4v) is 4.29. The lowest BCUT2D eigenvalue weighted by Crippen LogP contribution is -2.43. The number of benzene rings is 2. The second-order valence-corrected chi connectivity index (χ2v) is 8.63. The minimum absolute atomic E-state index is 0.0531. The van der Waals surface area contributed by atoms with Gasteiger partial charge in [-0.2, -0.15) is 4.98 Å². The molecule has 0 aliphatic carbocycles. The average Bonchev–Trinajstić information content (AvgIpc) is 3.28. The molecule has 2 atom stereocenters. The van der Waals surface area contributed by atoms with Crippen molar-refractivity contribution in [2.75, 3.05) is 19.7 Å². The molecule has 33 heavy (non-hydrogen) atoms. The van der Waals surface area contributed by atoms with E-state index in [2.05, 4.69) is 20.4 Å². The topological polar surface area (TPSA) is 80.5 Å². The normalized spacial score (nSPS) is 17.5. The molecule has 1 aliphatic heterocycles. The van der Waals surface area contributed by atoms with E-state index in [-0.39, 0.29) is 17.9 Å². The number of carbonyl (C=O) groups is 1. The standard InChI is InChI=1S/C26H32N4O3/c1-4-32-22-13-11-20(12-14-22)19(3)27-26(31)21-9-7-15-30(16-21)17-24-28-25(29-33-24)23-10-6-5-8-18(23)2/h5-6,8,10-14,19,21H,4,7,9,15-17H2,1-3H3,(H,27,31). The van der Waals surface area contributed by atoms with Crippen molar-refractivity contribution in [2.24, 2.45) is 5.92 Å². The van der Waals surface area contributed by atoms with E-state index in [4.69, 9.17) is 9.26 Å². The fourth-order valence-electron chi connectivity index (χ4n) is 4.29. The lowest BCUT2D eigenvalue weighted by molar-refractivity contribution is -0.127. The summed E-state index contributed by atoms with van der Waals surface area (Å²) in [7, 11) is 0. The van der Waals surface area contributed by atoms with Crippen LogP contribution in [0.4, 0.5) is 0 Å². The maximum absolute atomic E-state index is 13.0. The highest BCUT2D eigenvalue weighted by molar-refractivity contribution is 5.79. The highest BCUT2D eigenvalue weighted by atomic mass is 16.5. The molecule has 7 heteroatoms. The van der Waals surface area contributed by atoms with Crippen LogP contribution in [0.2, 0.25) is 0 Å². The molecule has 0 bridgehead atoms. The molecule has 2 unspecified atom stereocenters. The third-order valence-electron chi connectivity index (χ3n) is 6.14. The zero-order valence-corrected chi connectivity index (χ0v) is 19.6. The Bertz CT molecular complexity index is 1060. The number of nitrogens with one attached hydrogen (secondary N) is 1. The Morgan fingerprint density at radius 3 is 2.79 bits per heavy atom. The first-order valence-corrected chi connectivity index (χ1v) is 11.7. The summed E-state index contributed by atoms with van der Waals surface area (Å²) in [5.41, 5.74) is 3.15. The molecule has 0 spiro atoms. The summed E-state index contributed by atoms with van der Waals surface area (Å²) in [6, 6.07) is 15.8. The molecule has 7 nitrogen and oxygen atoms in total. The van der Waals surface area contributed by atoms with Crippen molar-refractivity contribution in [2.45, 2.75) is 46.2 Å². The van der Waals surface area contributed by atoms with Gasteiger partial charge in [-0.15, -0.1) is 0 Å². The molecule has 1 amide bonds. The van der Waals surface area contributed by atoms with Crippen molar-refractivity contribution in [1.82, 2.24) is 20.4 Å². The SMILES string of the molecule is CCOc1ccc(C(C)NC(=O)C2CCCN(Cc3nc(-c4ccccc4C)no3)C2)cc1. The minimum atomic E-state index is -0.0591. The molecule has 1 N–H and O–H groups in total. The van der Waals surface area contributed by atoms with E-state index in [0.29, 0.717) is 31.4 Å². The van der Waals surface area contributed by atoms with Gasteiger partial charge in [-0.3, -0.25) is 9.69 Å². The number of rotatable bonds is 8. The molecular weight excluding hydrogens is 416 g/mol. The average molecular weight is 449 g/mol. The molecule has 0 saturated carbocycles. The first kappa shape index (κ1) is 23.0. The third kappa shape index (κ3) is 5.79. The van der Waals surface area contributed by atoms with E-state index in [0.717, 1.165) is 41.8 Å². The molecule has 2 heterocycles. The van der Waals surface area contributed by atoms with Crippen molar-refractivity contribution in [3.8, 4) is 17.1 Å². The van der Waals surface area contributed by atoms with Crippen LogP contribution in [0.15, 0.2) is 53.1 Å². The predicted molar refractivity (Wildman–Crippen MR) is 127 cm³/mol. The molecule has 0 radical (unpaired) electrons. The molecule has 1 fully saturated rings. The number of hydrogen-bond acceptors (Lipinski definition) is 6. The monoisotopic (exact) mass is 448 g/mol. The third-order valence-corrected chi connectivity index (χ3v) is 6.14. The van der Waals surface area contributed by atoms with Crippen molar-refractivity contribution >= 4 is 5.91 Å². The van der Waals surface area contributed by atoms with Crippen molar-refractivity contribution in [1.29, 1.82) is 0 Å². The Morgan fingerprint density at radius 2 is 2.03 bits per heavy atom. The number of ether oxygens (including phenoxy) is 1. The molecule has 1 saturated heterocycles. The van der Waals surface area contributed by atoms with Gasteiger partial charge in [-0.25, -0.2) is 0 Å². The largest absolute Gasteiger partial charge is 0.494 e. The van der Waals surface area contributed by atoms with Crippen LogP contribution in [-0.4, -0.2) is 40.6 Å². The minimum Gasteiger partial charge on any atom is -0.494 e. The van der Waals surface area contributed by atoms with E-state index >= 15 is 0 Å². The van der Waals surface area contributed by atoms with Gasteiger partial charge in [0.2, 0.25) is 17.6 Å². The highest BCUT2D eigenvalue weighted by Crippen LogP contribution is 2.23. The Hall–Kier alpha value is -3.19. The van der Waals surface area contributed by atoms with Gasteiger partial charge in [-0.1, -0.05) is 41.6 Å². The Balaban J connectivity index is 1.32. The van der Waals surface area contributed by atoms with Crippen molar-refractivity contribution < 1.29 is 14.1 Å². The van der Waals surface area contributed by atoms with Crippen LogP contribution >= 0.6 is 0 Å². The summed E-state index contributed by atoms with van der Waals surface area (Å²) in [5, 5.41) is 7.33. The number of aromatic nitrogens is 2. The summed E-state index contributed by atoms with van der Waals surface area (Å²) >= 11 is 0. The van der Waals surface area contributed by atoms with Gasteiger partial charge in [0.1, 0.15) is 5.75 Å². The number of carbonyl (C=O) groups excluding carboxylic acids is 1. The molecule has 174 valence electrons. The summed E-state index contributed by atoms with van der Waals surface area (Å²) < 4.78 is 11.0. The number of hydrogen-bond donors (Lipinski definition) is 1. The van der Waals surface area contributed by atoms with Gasteiger partial charge in [-0.05, 0) is 63.4 Å². The van der Waals surface area contributed by atoms with Gasteiger partial charge >= 0.3 is 0 Å². The van der Waals surface area contributed by atoms with Gasteiger partial charge in [0.25, 0.3) is 0 Å². The molecule has 1 aromatic heterocycles. The van der Waals surface area contributed by atoms with Crippen molar-refractivity contribution in [3.05, 3.63) is 65.5 Å². The van der Waals surface area contributed by atoms with Crippen molar-refractivity contribution in [3.63, 3.8) is 0 Å². The first-order chi connectivity index (χ1) is 16.0. The molecule has 2 aromatic carbocycles. The fraction of sp³-hybridized carbons (Fsp3) is 0.423. The second kappa shape index (κ2) is 10.6. The van der Waals surface area contributed by atoms with E-state index in [1.165, 1.54) is 0 Å². The molecule has 1 aliphatic rings. The number of amides is 1. The second-order valence-electron chi connectivity index (χ2n) is 8.63. The van der Waals surface area contributed by atoms with Crippen LogP contribution in [0.1, 0.15) is 49.7 Å². The first-order valence-electron chi connectivity index (χ1n) is 11.7. The van der Waals surface area contributed by atoms with Crippen LogP contribution in [-0.2, 0) is 11.3 Å².